The van der Waals surface area contributed by atoms with E-state index in [0.717, 1.165) is 5.69 Å². The molecule has 5 heteroatoms. The highest BCUT2D eigenvalue weighted by atomic mass is 35.5. The van der Waals surface area contributed by atoms with E-state index in [1.54, 1.807) is 0 Å². The third-order valence-corrected chi connectivity index (χ3v) is 3.07. The molecule has 0 fully saturated rings. The van der Waals surface area contributed by atoms with Gasteiger partial charge in [0.1, 0.15) is 6.33 Å². The normalized spacial score (nSPS) is 10.6. The Morgan fingerprint density at radius 3 is 2.42 bits per heavy atom. The summed E-state index contributed by atoms with van der Waals surface area (Å²) in [6, 6.07) is 8.18. The predicted octanol–water partition coefficient (Wildman–Crippen LogP) is 4.01. The fraction of sp³-hybridized carbons (Fsp3) is 0.286. The summed E-state index contributed by atoms with van der Waals surface area (Å²) >= 11 is 5.95. The average molecular weight is 278 g/mol. The zero-order valence-electron chi connectivity index (χ0n) is 11.1. The first kappa shape index (κ1) is 13.6. The SMILES string of the molecule is COc1c(Cl)ncnc1Nc1ccc(C(C)C)cc1. The van der Waals surface area contributed by atoms with E-state index in [9.17, 15) is 0 Å². The molecule has 1 aromatic heterocycles. The quantitative estimate of drug-likeness (QED) is 0.858. The largest absolute Gasteiger partial charge is 0.490 e. The Balaban J connectivity index is 2.24. The number of nitrogens with one attached hydrogen (secondary N) is 1. The van der Waals surface area contributed by atoms with Crippen LogP contribution in [0.25, 0.3) is 0 Å². The Kier molecular flexibility index (Phi) is 4.22. The van der Waals surface area contributed by atoms with E-state index in [1.165, 1.54) is 19.0 Å². The Morgan fingerprint density at radius 2 is 1.84 bits per heavy atom. The summed E-state index contributed by atoms with van der Waals surface area (Å²) in [5, 5.41) is 3.46. The summed E-state index contributed by atoms with van der Waals surface area (Å²) in [6.07, 6.45) is 1.40. The molecule has 0 atom stereocenters. The van der Waals surface area contributed by atoms with E-state index in [2.05, 4.69) is 41.3 Å². The summed E-state index contributed by atoms with van der Waals surface area (Å²) in [6.45, 7) is 4.32. The van der Waals surface area contributed by atoms with E-state index < -0.39 is 0 Å². The van der Waals surface area contributed by atoms with Crippen molar-refractivity contribution >= 4 is 23.1 Å². The van der Waals surface area contributed by atoms with Crippen molar-refractivity contribution in [1.29, 1.82) is 0 Å². The Hall–Kier alpha value is -1.81. The van der Waals surface area contributed by atoms with Gasteiger partial charge in [0, 0.05) is 5.69 Å². The molecular weight excluding hydrogens is 262 g/mol. The Bertz CT molecular complexity index is 555. The van der Waals surface area contributed by atoms with Gasteiger partial charge in [-0.3, -0.25) is 0 Å². The predicted molar refractivity (Wildman–Crippen MR) is 77.4 cm³/mol. The number of rotatable bonds is 4. The van der Waals surface area contributed by atoms with Crippen LogP contribution in [-0.4, -0.2) is 17.1 Å². The maximum absolute atomic E-state index is 5.95. The van der Waals surface area contributed by atoms with Gasteiger partial charge >= 0.3 is 0 Å². The van der Waals surface area contributed by atoms with Gasteiger partial charge in [-0.15, -0.1) is 0 Å². The van der Waals surface area contributed by atoms with Gasteiger partial charge in [-0.2, -0.15) is 0 Å². The van der Waals surface area contributed by atoms with Crippen LogP contribution in [0.2, 0.25) is 5.15 Å². The third-order valence-electron chi connectivity index (χ3n) is 2.80. The van der Waals surface area contributed by atoms with Crippen molar-refractivity contribution in [2.45, 2.75) is 19.8 Å². The molecule has 0 amide bonds. The van der Waals surface area contributed by atoms with E-state index in [1.807, 2.05) is 12.1 Å². The molecule has 1 N–H and O–H groups in total. The molecule has 19 heavy (non-hydrogen) atoms. The third kappa shape index (κ3) is 3.15. The highest BCUT2D eigenvalue weighted by molar-refractivity contribution is 6.31. The minimum atomic E-state index is 0.291. The Morgan fingerprint density at radius 1 is 1.16 bits per heavy atom. The second kappa shape index (κ2) is 5.89. The smallest absolute Gasteiger partial charge is 0.199 e. The number of ether oxygens (including phenoxy) is 1. The standard InChI is InChI=1S/C14H16ClN3O/c1-9(2)10-4-6-11(7-5-10)18-14-12(19-3)13(15)16-8-17-14/h4-9H,1-3H3,(H,16,17,18). The first-order valence-corrected chi connectivity index (χ1v) is 6.41. The molecule has 0 radical (unpaired) electrons. The molecule has 0 saturated carbocycles. The summed E-state index contributed by atoms with van der Waals surface area (Å²) in [7, 11) is 1.54. The van der Waals surface area contributed by atoms with Crippen molar-refractivity contribution in [2.75, 3.05) is 12.4 Å². The van der Waals surface area contributed by atoms with Crippen LogP contribution in [0.4, 0.5) is 11.5 Å². The zero-order valence-corrected chi connectivity index (χ0v) is 11.9. The number of nitrogens with zero attached hydrogens (tertiary/aromatic N) is 2. The number of anilines is 2. The molecule has 100 valence electrons. The molecule has 0 spiro atoms. The van der Waals surface area contributed by atoms with E-state index in [4.69, 9.17) is 16.3 Å². The van der Waals surface area contributed by atoms with Gasteiger partial charge in [0.25, 0.3) is 0 Å². The fourth-order valence-corrected chi connectivity index (χ4v) is 1.92. The second-order valence-electron chi connectivity index (χ2n) is 4.45. The van der Waals surface area contributed by atoms with Crippen LogP contribution in [0.15, 0.2) is 30.6 Å². The molecule has 0 unspecified atom stereocenters. The lowest BCUT2D eigenvalue weighted by Gasteiger charge is -2.11. The van der Waals surface area contributed by atoms with Gasteiger partial charge in [0.05, 0.1) is 7.11 Å². The van der Waals surface area contributed by atoms with Crippen molar-refractivity contribution < 1.29 is 4.74 Å². The highest BCUT2D eigenvalue weighted by Crippen LogP contribution is 2.30. The summed E-state index contributed by atoms with van der Waals surface area (Å²) in [4.78, 5) is 8.01. The van der Waals surface area contributed by atoms with E-state index in [0.29, 0.717) is 22.6 Å². The molecule has 0 aliphatic carbocycles. The van der Waals surface area contributed by atoms with Gasteiger partial charge in [0.2, 0.25) is 0 Å². The number of methoxy groups -OCH3 is 1. The van der Waals surface area contributed by atoms with Crippen molar-refractivity contribution in [1.82, 2.24) is 9.97 Å². The highest BCUT2D eigenvalue weighted by Gasteiger charge is 2.10. The molecule has 0 aliphatic rings. The first-order valence-electron chi connectivity index (χ1n) is 6.03. The number of benzene rings is 1. The monoisotopic (exact) mass is 277 g/mol. The summed E-state index contributed by atoms with van der Waals surface area (Å²) in [5.41, 5.74) is 2.22. The number of halogens is 1. The zero-order chi connectivity index (χ0) is 13.8. The Labute approximate surface area is 117 Å². The molecule has 2 aromatic rings. The van der Waals surface area contributed by atoms with Crippen LogP contribution < -0.4 is 10.1 Å². The van der Waals surface area contributed by atoms with Crippen LogP contribution in [0.1, 0.15) is 25.3 Å². The summed E-state index contributed by atoms with van der Waals surface area (Å²) < 4.78 is 5.19. The maximum atomic E-state index is 5.95. The first-order chi connectivity index (χ1) is 9.11. The van der Waals surface area contributed by atoms with Crippen LogP contribution in [-0.2, 0) is 0 Å². The number of aromatic nitrogens is 2. The molecule has 1 heterocycles. The van der Waals surface area contributed by atoms with Gasteiger partial charge in [0.15, 0.2) is 16.7 Å². The van der Waals surface area contributed by atoms with Crippen molar-refractivity contribution in [2.24, 2.45) is 0 Å². The average Bonchev–Trinajstić information content (AvgIpc) is 2.39. The van der Waals surface area contributed by atoms with Crippen LogP contribution in [0.3, 0.4) is 0 Å². The molecule has 0 aliphatic heterocycles. The minimum absolute atomic E-state index is 0.291. The lowest BCUT2D eigenvalue weighted by Crippen LogP contribution is -1.99. The van der Waals surface area contributed by atoms with Gasteiger partial charge < -0.3 is 10.1 Å². The maximum Gasteiger partial charge on any atom is 0.199 e. The lowest BCUT2D eigenvalue weighted by molar-refractivity contribution is 0.413. The van der Waals surface area contributed by atoms with Crippen molar-refractivity contribution in [3.63, 3.8) is 0 Å². The molecule has 0 bridgehead atoms. The topological polar surface area (TPSA) is 47.0 Å². The summed E-state index contributed by atoms with van der Waals surface area (Å²) in [5.74, 6) is 1.51. The fourth-order valence-electron chi connectivity index (χ4n) is 1.71. The van der Waals surface area contributed by atoms with Gasteiger partial charge in [-0.05, 0) is 23.6 Å². The molecule has 0 saturated heterocycles. The molecule has 2 rings (SSSR count). The second-order valence-corrected chi connectivity index (χ2v) is 4.81. The van der Waals surface area contributed by atoms with Gasteiger partial charge in [-0.25, -0.2) is 9.97 Å². The van der Waals surface area contributed by atoms with Crippen molar-refractivity contribution in [3.8, 4) is 5.75 Å². The molecule has 1 aromatic carbocycles. The van der Waals surface area contributed by atoms with Crippen LogP contribution in [0.5, 0.6) is 5.75 Å². The number of hydrogen-bond donors (Lipinski definition) is 1. The lowest BCUT2D eigenvalue weighted by atomic mass is 10.0. The van der Waals surface area contributed by atoms with E-state index >= 15 is 0 Å². The van der Waals surface area contributed by atoms with Crippen LogP contribution >= 0.6 is 11.6 Å². The van der Waals surface area contributed by atoms with Crippen LogP contribution in [0, 0.1) is 0 Å². The van der Waals surface area contributed by atoms with Gasteiger partial charge in [-0.1, -0.05) is 37.6 Å². The van der Waals surface area contributed by atoms with E-state index in [-0.39, 0.29) is 0 Å². The molecule has 4 nitrogen and oxygen atoms in total. The van der Waals surface area contributed by atoms with Crippen molar-refractivity contribution in [3.05, 3.63) is 41.3 Å². The minimum Gasteiger partial charge on any atom is -0.490 e. The molecular formula is C14H16ClN3O. The number of hydrogen-bond acceptors (Lipinski definition) is 4.